The van der Waals surface area contributed by atoms with Gasteiger partial charge in [0.25, 0.3) is 10.0 Å². The summed E-state index contributed by atoms with van der Waals surface area (Å²) >= 11 is 3.19. The molecule has 0 bridgehead atoms. The van der Waals surface area contributed by atoms with Gasteiger partial charge >= 0.3 is 0 Å². The summed E-state index contributed by atoms with van der Waals surface area (Å²) < 4.78 is 40.2. The molecule has 19 heavy (non-hydrogen) atoms. The first-order chi connectivity index (χ1) is 8.87. The number of nitrogens with two attached hydrogens (primary N) is 1. The van der Waals surface area contributed by atoms with Gasteiger partial charge in [0.05, 0.1) is 10.6 Å². The molecule has 7 heteroatoms. The normalized spacial score (nSPS) is 11.3. The third-order valence-corrected chi connectivity index (χ3v) is 4.15. The minimum Gasteiger partial charge on any atom is -0.399 e. The van der Waals surface area contributed by atoms with Gasteiger partial charge in [-0.15, -0.1) is 0 Å². The van der Waals surface area contributed by atoms with E-state index in [0.29, 0.717) is 4.47 Å². The van der Waals surface area contributed by atoms with Crippen LogP contribution in [0.3, 0.4) is 0 Å². The van der Waals surface area contributed by atoms with Gasteiger partial charge in [0, 0.05) is 10.2 Å². The summed E-state index contributed by atoms with van der Waals surface area (Å²) in [4.78, 5) is 0.0738. The fraction of sp³-hybridized carbons (Fsp3) is 0. The summed E-state index contributed by atoms with van der Waals surface area (Å²) in [5.74, 6) is -0.605. The molecule has 0 amide bonds. The van der Waals surface area contributed by atoms with Crippen LogP contribution in [0.15, 0.2) is 51.8 Å². The highest BCUT2D eigenvalue weighted by Gasteiger charge is 2.15. The molecule has 0 saturated carbocycles. The molecule has 2 aromatic rings. The smallest absolute Gasteiger partial charge is 0.261 e. The topological polar surface area (TPSA) is 72.2 Å². The molecule has 0 radical (unpaired) electrons. The molecule has 0 aliphatic carbocycles. The maximum Gasteiger partial charge on any atom is 0.261 e. The van der Waals surface area contributed by atoms with E-state index in [1.807, 2.05) is 0 Å². The molecule has 0 atom stereocenters. The second-order valence-electron chi connectivity index (χ2n) is 3.84. The SMILES string of the molecule is Nc1cc(F)cc(NS(=O)(=O)c2cccc(Br)c2)c1. The van der Waals surface area contributed by atoms with Gasteiger partial charge in [0.2, 0.25) is 0 Å². The minimum atomic E-state index is -3.77. The van der Waals surface area contributed by atoms with Crippen molar-refractivity contribution in [3.8, 4) is 0 Å². The van der Waals surface area contributed by atoms with Crippen LogP contribution >= 0.6 is 15.9 Å². The average Bonchev–Trinajstić information content (AvgIpc) is 2.26. The molecule has 0 fully saturated rings. The molecule has 0 spiro atoms. The highest BCUT2D eigenvalue weighted by molar-refractivity contribution is 9.10. The van der Waals surface area contributed by atoms with Crippen molar-refractivity contribution in [1.29, 1.82) is 0 Å². The molecule has 4 nitrogen and oxygen atoms in total. The van der Waals surface area contributed by atoms with Gasteiger partial charge < -0.3 is 5.73 Å². The van der Waals surface area contributed by atoms with Crippen molar-refractivity contribution in [1.82, 2.24) is 0 Å². The number of sulfonamides is 1. The Morgan fingerprint density at radius 3 is 2.53 bits per heavy atom. The summed E-state index contributed by atoms with van der Waals surface area (Å²) in [6.07, 6.45) is 0. The number of hydrogen-bond donors (Lipinski definition) is 2. The van der Waals surface area contributed by atoms with Crippen molar-refractivity contribution in [2.45, 2.75) is 4.90 Å². The van der Waals surface area contributed by atoms with Gasteiger partial charge in [-0.25, -0.2) is 12.8 Å². The van der Waals surface area contributed by atoms with Gasteiger partial charge in [-0.3, -0.25) is 4.72 Å². The van der Waals surface area contributed by atoms with Crippen LogP contribution in [0.5, 0.6) is 0 Å². The van der Waals surface area contributed by atoms with Crippen LogP contribution in [0.4, 0.5) is 15.8 Å². The lowest BCUT2D eigenvalue weighted by molar-refractivity contribution is 0.601. The van der Waals surface area contributed by atoms with Crippen molar-refractivity contribution in [2.75, 3.05) is 10.5 Å². The maximum atomic E-state index is 13.1. The zero-order chi connectivity index (χ0) is 14.0. The van der Waals surface area contributed by atoms with E-state index in [4.69, 9.17) is 5.73 Å². The van der Waals surface area contributed by atoms with E-state index < -0.39 is 15.8 Å². The van der Waals surface area contributed by atoms with E-state index in [2.05, 4.69) is 20.7 Å². The van der Waals surface area contributed by atoms with Crippen molar-refractivity contribution >= 4 is 37.3 Å². The van der Waals surface area contributed by atoms with E-state index in [-0.39, 0.29) is 16.3 Å². The fourth-order valence-corrected chi connectivity index (χ4v) is 3.16. The van der Waals surface area contributed by atoms with Crippen LogP contribution in [0.2, 0.25) is 0 Å². The van der Waals surface area contributed by atoms with Crippen LogP contribution in [0.1, 0.15) is 0 Å². The number of nitrogen functional groups attached to an aromatic ring is 1. The molecule has 0 aliphatic heterocycles. The Morgan fingerprint density at radius 2 is 1.89 bits per heavy atom. The molecule has 0 aliphatic rings. The molecule has 0 saturated heterocycles. The second kappa shape index (κ2) is 5.18. The van der Waals surface area contributed by atoms with Gasteiger partial charge in [-0.2, -0.15) is 0 Å². The highest BCUT2D eigenvalue weighted by atomic mass is 79.9. The lowest BCUT2D eigenvalue weighted by atomic mass is 10.3. The number of nitrogens with one attached hydrogen (secondary N) is 1. The van der Waals surface area contributed by atoms with Gasteiger partial charge in [0.1, 0.15) is 5.82 Å². The third-order valence-electron chi connectivity index (χ3n) is 2.28. The first kappa shape index (κ1) is 13.8. The van der Waals surface area contributed by atoms with Gasteiger partial charge in [0.15, 0.2) is 0 Å². The molecule has 0 aromatic heterocycles. The summed E-state index contributed by atoms with van der Waals surface area (Å²) in [5.41, 5.74) is 5.69. The Labute approximate surface area is 118 Å². The number of halogens is 2. The number of rotatable bonds is 3. The largest absolute Gasteiger partial charge is 0.399 e. The molecule has 100 valence electrons. The van der Waals surface area contributed by atoms with Crippen molar-refractivity contribution in [3.05, 3.63) is 52.8 Å². The van der Waals surface area contributed by atoms with Crippen LogP contribution < -0.4 is 10.5 Å². The van der Waals surface area contributed by atoms with E-state index >= 15 is 0 Å². The van der Waals surface area contributed by atoms with E-state index in [0.717, 1.165) is 12.1 Å². The lowest BCUT2D eigenvalue weighted by Gasteiger charge is -2.09. The minimum absolute atomic E-state index is 0.0738. The molecule has 3 N–H and O–H groups in total. The fourth-order valence-electron chi connectivity index (χ4n) is 1.52. The average molecular weight is 345 g/mol. The summed E-state index contributed by atoms with van der Waals surface area (Å²) in [5, 5.41) is 0. The van der Waals surface area contributed by atoms with Crippen LogP contribution in [0.25, 0.3) is 0 Å². The zero-order valence-electron chi connectivity index (χ0n) is 9.60. The molecule has 2 aromatic carbocycles. The quantitative estimate of drug-likeness (QED) is 0.840. The van der Waals surface area contributed by atoms with Gasteiger partial charge in [-0.1, -0.05) is 22.0 Å². The summed E-state index contributed by atoms with van der Waals surface area (Å²) in [6, 6.07) is 9.71. The lowest BCUT2D eigenvalue weighted by Crippen LogP contribution is -2.13. The summed E-state index contributed by atoms with van der Waals surface area (Å²) in [7, 11) is -3.77. The predicted octanol–water partition coefficient (Wildman–Crippen LogP) is 2.97. The third kappa shape index (κ3) is 3.45. The number of benzene rings is 2. The second-order valence-corrected chi connectivity index (χ2v) is 6.43. The van der Waals surface area contributed by atoms with E-state index in [1.54, 1.807) is 12.1 Å². The Balaban J connectivity index is 2.36. The van der Waals surface area contributed by atoms with Crippen LogP contribution in [-0.4, -0.2) is 8.42 Å². The Morgan fingerprint density at radius 1 is 1.16 bits per heavy atom. The molecule has 0 unspecified atom stereocenters. The zero-order valence-corrected chi connectivity index (χ0v) is 12.0. The maximum absolute atomic E-state index is 13.1. The highest BCUT2D eigenvalue weighted by Crippen LogP contribution is 2.21. The van der Waals surface area contributed by atoms with E-state index in [1.165, 1.54) is 18.2 Å². The van der Waals surface area contributed by atoms with Gasteiger partial charge in [-0.05, 0) is 36.4 Å². The summed E-state index contributed by atoms with van der Waals surface area (Å²) in [6.45, 7) is 0. The molecular weight excluding hydrogens is 335 g/mol. The Hall–Kier alpha value is -1.60. The van der Waals surface area contributed by atoms with E-state index in [9.17, 15) is 12.8 Å². The molecular formula is C12H10BrFN2O2S. The first-order valence-corrected chi connectivity index (χ1v) is 7.49. The first-order valence-electron chi connectivity index (χ1n) is 5.21. The molecule has 0 heterocycles. The predicted molar refractivity (Wildman–Crippen MR) is 75.8 cm³/mol. The van der Waals surface area contributed by atoms with Crippen molar-refractivity contribution in [2.24, 2.45) is 0 Å². The Kier molecular flexibility index (Phi) is 3.77. The molecule has 2 rings (SSSR count). The van der Waals surface area contributed by atoms with Crippen molar-refractivity contribution < 1.29 is 12.8 Å². The monoisotopic (exact) mass is 344 g/mol. The number of anilines is 2. The standard InChI is InChI=1S/C12H10BrFN2O2S/c13-8-2-1-3-12(4-8)19(17,18)16-11-6-9(14)5-10(15)7-11/h1-7,16H,15H2. The van der Waals surface area contributed by atoms with Crippen molar-refractivity contribution in [3.63, 3.8) is 0 Å². The number of hydrogen-bond acceptors (Lipinski definition) is 3. The Bertz CT molecular complexity index is 699. The van der Waals surface area contributed by atoms with Crippen LogP contribution in [-0.2, 0) is 10.0 Å². The van der Waals surface area contributed by atoms with Crippen LogP contribution in [0, 0.1) is 5.82 Å².